The zero-order chi connectivity index (χ0) is 11.4. The molecule has 0 unspecified atom stereocenters. The van der Waals surface area contributed by atoms with Crippen LogP contribution in [0.1, 0.15) is 15.9 Å². The summed E-state index contributed by atoms with van der Waals surface area (Å²) < 4.78 is 0. The summed E-state index contributed by atoms with van der Waals surface area (Å²) >= 11 is 5.91. The van der Waals surface area contributed by atoms with Crippen LogP contribution in [0.4, 0.5) is 0 Å². The lowest BCUT2D eigenvalue weighted by molar-refractivity contribution is 0.0992. The number of hydrogen-bond acceptors (Lipinski definition) is 4. The normalized spacial score (nSPS) is 10.1. The molecule has 5 heteroatoms. The molecule has 0 aliphatic carbocycles. The van der Waals surface area contributed by atoms with Gasteiger partial charge in [0.05, 0.1) is 10.6 Å². The van der Waals surface area contributed by atoms with Gasteiger partial charge < -0.3 is 0 Å². The van der Waals surface area contributed by atoms with Crippen molar-refractivity contribution in [3.63, 3.8) is 0 Å². The van der Waals surface area contributed by atoms with Crippen molar-refractivity contribution in [2.45, 2.75) is 6.42 Å². The van der Waals surface area contributed by atoms with E-state index in [1.165, 1.54) is 24.9 Å². The van der Waals surface area contributed by atoms with Gasteiger partial charge in [-0.25, -0.2) is 9.97 Å². The van der Waals surface area contributed by atoms with Crippen LogP contribution in [0.3, 0.4) is 0 Å². The summed E-state index contributed by atoms with van der Waals surface area (Å²) in [4.78, 5) is 23.2. The molecule has 0 aliphatic heterocycles. The molecule has 2 heterocycles. The molecule has 0 spiro atoms. The molecule has 0 N–H and O–H groups in total. The largest absolute Gasteiger partial charge is 0.294 e. The van der Waals surface area contributed by atoms with Crippen molar-refractivity contribution in [1.82, 2.24) is 15.0 Å². The Morgan fingerprint density at radius 2 is 1.94 bits per heavy atom. The van der Waals surface area contributed by atoms with Crippen molar-refractivity contribution in [3.8, 4) is 0 Å². The highest BCUT2D eigenvalue weighted by Crippen LogP contribution is 2.15. The maximum atomic E-state index is 11.8. The molecule has 4 nitrogen and oxygen atoms in total. The van der Waals surface area contributed by atoms with Crippen LogP contribution in [0.5, 0.6) is 0 Å². The zero-order valence-electron chi connectivity index (χ0n) is 8.30. The highest BCUT2D eigenvalue weighted by Gasteiger charge is 2.09. The Labute approximate surface area is 97.3 Å². The van der Waals surface area contributed by atoms with Gasteiger partial charge in [-0.2, -0.15) is 0 Å². The predicted molar refractivity (Wildman–Crippen MR) is 59.3 cm³/mol. The molecule has 0 saturated carbocycles. The molecule has 2 rings (SSSR count). The first-order chi connectivity index (χ1) is 7.77. The lowest BCUT2D eigenvalue weighted by atomic mass is 10.1. The van der Waals surface area contributed by atoms with Gasteiger partial charge in [0, 0.05) is 31.2 Å². The van der Waals surface area contributed by atoms with Crippen LogP contribution < -0.4 is 0 Å². The second kappa shape index (κ2) is 4.81. The molecule has 0 aliphatic rings. The van der Waals surface area contributed by atoms with Crippen LogP contribution in [-0.4, -0.2) is 20.7 Å². The van der Waals surface area contributed by atoms with Crippen LogP contribution >= 0.6 is 11.6 Å². The number of ketones is 1. The van der Waals surface area contributed by atoms with Gasteiger partial charge in [0.2, 0.25) is 0 Å². The van der Waals surface area contributed by atoms with Gasteiger partial charge in [0.1, 0.15) is 6.33 Å². The van der Waals surface area contributed by atoms with Gasteiger partial charge in [0.25, 0.3) is 0 Å². The van der Waals surface area contributed by atoms with Gasteiger partial charge >= 0.3 is 0 Å². The van der Waals surface area contributed by atoms with Crippen LogP contribution in [-0.2, 0) is 6.42 Å². The Kier molecular flexibility index (Phi) is 3.22. The highest BCUT2D eigenvalue weighted by atomic mass is 35.5. The van der Waals surface area contributed by atoms with Crippen molar-refractivity contribution < 1.29 is 4.79 Å². The SMILES string of the molecule is O=C(Cc1ccncc1Cl)c1cncnc1. The van der Waals surface area contributed by atoms with E-state index in [0.717, 1.165) is 5.56 Å². The monoisotopic (exact) mass is 233 g/mol. The fourth-order valence-corrected chi connectivity index (χ4v) is 1.45. The maximum absolute atomic E-state index is 11.8. The fraction of sp³-hybridized carbons (Fsp3) is 0.0909. The third-order valence-electron chi connectivity index (χ3n) is 2.09. The third-order valence-corrected chi connectivity index (χ3v) is 2.43. The number of aromatic nitrogens is 3. The molecule has 0 radical (unpaired) electrons. The van der Waals surface area contributed by atoms with E-state index in [-0.39, 0.29) is 12.2 Å². The van der Waals surface area contributed by atoms with Crippen molar-refractivity contribution in [3.05, 3.63) is 53.3 Å². The minimum Gasteiger partial charge on any atom is -0.294 e. The van der Waals surface area contributed by atoms with E-state index in [1.807, 2.05) is 0 Å². The third kappa shape index (κ3) is 2.41. The van der Waals surface area contributed by atoms with E-state index in [1.54, 1.807) is 12.3 Å². The predicted octanol–water partition coefficient (Wildman–Crippen LogP) is 1.95. The molecule has 0 atom stereocenters. The number of rotatable bonds is 3. The van der Waals surface area contributed by atoms with E-state index >= 15 is 0 Å². The number of nitrogens with zero attached hydrogens (tertiary/aromatic N) is 3. The first-order valence-electron chi connectivity index (χ1n) is 4.64. The minimum atomic E-state index is -0.0614. The molecule has 2 aromatic rings. The smallest absolute Gasteiger partial charge is 0.170 e. The average molecular weight is 234 g/mol. The van der Waals surface area contributed by atoms with Gasteiger partial charge in [-0.1, -0.05) is 11.6 Å². The van der Waals surface area contributed by atoms with Crippen LogP contribution in [0, 0.1) is 0 Å². The lowest BCUT2D eigenvalue weighted by Gasteiger charge is -2.02. The van der Waals surface area contributed by atoms with Crippen LogP contribution in [0.15, 0.2) is 37.2 Å². The van der Waals surface area contributed by atoms with Gasteiger partial charge in [-0.05, 0) is 11.6 Å². The van der Waals surface area contributed by atoms with E-state index < -0.39 is 0 Å². The van der Waals surface area contributed by atoms with Gasteiger partial charge in [-0.15, -0.1) is 0 Å². The maximum Gasteiger partial charge on any atom is 0.170 e. The number of Topliss-reactive ketones (excluding diaryl/α,β-unsaturated/α-hetero) is 1. The van der Waals surface area contributed by atoms with Crippen LogP contribution in [0.25, 0.3) is 0 Å². The lowest BCUT2D eigenvalue weighted by Crippen LogP contribution is -2.05. The summed E-state index contributed by atoms with van der Waals surface area (Å²) in [7, 11) is 0. The van der Waals surface area contributed by atoms with Gasteiger partial charge in [0.15, 0.2) is 5.78 Å². The van der Waals surface area contributed by atoms with Crippen molar-refractivity contribution in [2.24, 2.45) is 0 Å². The Balaban J connectivity index is 2.18. The quantitative estimate of drug-likeness (QED) is 0.761. The summed E-state index contributed by atoms with van der Waals surface area (Å²) in [5, 5.41) is 0.493. The minimum absolute atomic E-state index is 0.0614. The van der Waals surface area contributed by atoms with Crippen LogP contribution in [0.2, 0.25) is 5.02 Å². The number of hydrogen-bond donors (Lipinski definition) is 0. The van der Waals surface area contributed by atoms with E-state index in [9.17, 15) is 4.79 Å². The molecular weight excluding hydrogens is 226 g/mol. The second-order valence-electron chi connectivity index (χ2n) is 3.19. The number of pyridine rings is 1. The Morgan fingerprint density at radius 1 is 1.19 bits per heavy atom. The molecule has 80 valence electrons. The van der Waals surface area contributed by atoms with Crippen molar-refractivity contribution >= 4 is 17.4 Å². The van der Waals surface area contributed by atoms with Crippen molar-refractivity contribution in [1.29, 1.82) is 0 Å². The molecule has 16 heavy (non-hydrogen) atoms. The number of carbonyl (C=O) groups excluding carboxylic acids is 1. The molecule has 2 aromatic heterocycles. The molecular formula is C11H8ClN3O. The molecule has 0 amide bonds. The highest BCUT2D eigenvalue weighted by molar-refractivity contribution is 6.31. The molecule has 0 fully saturated rings. The summed E-state index contributed by atoms with van der Waals surface area (Å²) in [6, 6.07) is 1.73. The summed E-state index contributed by atoms with van der Waals surface area (Å²) in [6.45, 7) is 0. The summed E-state index contributed by atoms with van der Waals surface area (Å²) in [5.41, 5.74) is 1.24. The summed E-state index contributed by atoms with van der Waals surface area (Å²) in [6.07, 6.45) is 7.72. The van der Waals surface area contributed by atoms with Crippen molar-refractivity contribution in [2.75, 3.05) is 0 Å². The van der Waals surface area contributed by atoms with E-state index in [4.69, 9.17) is 11.6 Å². The topological polar surface area (TPSA) is 55.7 Å². The summed E-state index contributed by atoms with van der Waals surface area (Å²) in [5.74, 6) is -0.0614. The van der Waals surface area contributed by atoms with E-state index in [2.05, 4.69) is 15.0 Å². The molecule has 0 aromatic carbocycles. The fourth-order valence-electron chi connectivity index (χ4n) is 1.27. The average Bonchev–Trinajstić information content (AvgIpc) is 2.33. The zero-order valence-corrected chi connectivity index (χ0v) is 9.05. The second-order valence-corrected chi connectivity index (χ2v) is 3.60. The number of halogens is 1. The Morgan fingerprint density at radius 3 is 2.62 bits per heavy atom. The molecule has 0 bridgehead atoms. The standard InChI is InChI=1S/C11H8ClN3O/c12-10-6-13-2-1-8(10)3-11(16)9-4-14-7-15-5-9/h1-2,4-7H,3H2. The van der Waals surface area contributed by atoms with Gasteiger partial charge in [-0.3, -0.25) is 9.78 Å². The molecule has 0 saturated heterocycles. The first-order valence-corrected chi connectivity index (χ1v) is 5.02. The first kappa shape index (κ1) is 10.7. The van der Waals surface area contributed by atoms with E-state index in [0.29, 0.717) is 10.6 Å². The Bertz CT molecular complexity index is 502. The number of carbonyl (C=O) groups is 1. The Hall–Kier alpha value is -1.81.